The fourth-order valence-electron chi connectivity index (χ4n) is 1.15. The summed E-state index contributed by atoms with van der Waals surface area (Å²) in [6.45, 7) is 2.68. The van der Waals surface area contributed by atoms with E-state index in [1.165, 1.54) is 0 Å². The lowest BCUT2D eigenvalue weighted by Crippen LogP contribution is -2.03. The van der Waals surface area contributed by atoms with Crippen molar-refractivity contribution in [3.63, 3.8) is 0 Å². The molecule has 0 aliphatic carbocycles. The second-order valence-corrected chi connectivity index (χ2v) is 3.08. The standard InChI is InChI=1S/C8H12N6O/c1-2-3-4-15-7-5-6(13-14-12-5)10-8(9)11-7/h2-4H2,1H3,(H3,9,10,11,12,13,14). The molecule has 2 aromatic heterocycles. The third kappa shape index (κ3) is 1.95. The minimum Gasteiger partial charge on any atom is -0.476 e. The quantitative estimate of drug-likeness (QED) is 0.709. The summed E-state index contributed by atoms with van der Waals surface area (Å²) in [5.74, 6) is 0.530. The zero-order valence-electron chi connectivity index (χ0n) is 8.40. The van der Waals surface area contributed by atoms with Gasteiger partial charge >= 0.3 is 0 Å². The van der Waals surface area contributed by atoms with Crippen LogP contribution in [0.5, 0.6) is 5.88 Å². The van der Waals surface area contributed by atoms with Crippen LogP contribution in [0.1, 0.15) is 19.8 Å². The third-order valence-electron chi connectivity index (χ3n) is 1.91. The molecule has 2 aromatic rings. The van der Waals surface area contributed by atoms with Crippen molar-refractivity contribution in [1.29, 1.82) is 0 Å². The number of nitrogens with two attached hydrogens (primary N) is 1. The number of hydrogen-bond acceptors (Lipinski definition) is 6. The van der Waals surface area contributed by atoms with Gasteiger partial charge in [0.05, 0.1) is 6.61 Å². The number of nitrogen functional groups attached to an aromatic ring is 1. The number of ether oxygens (including phenoxy) is 1. The summed E-state index contributed by atoms with van der Waals surface area (Å²) in [4.78, 5) is 7.87. The van der Waals surface area contributed by atoms with E-state index in [1.54, 1.807) is 0 Å². The summed E-state index contributed by atoms with van der Waals surface area (Å²) in [5, 5.41) is 10.2. The van der Waals surface area contributed by atoms with Gasteiger partial charge in [-0.25, -0.2) is 0 Å². The maximum atomic E-state index is 5.50. The van der Waals surface area contributed by atoms with Crippen LogP contribution >= 0.6 is 0 Å². The molecule has 2 rings (SSSR count). The molecule has 0 saturated carbocycles. The Balaban J connectivity index is 2.27. The highest BCUT2D eigenvalue weighted by atomic mass is 16.5. The number of H-pyrrole nitrogens is 1. The molecule has 0 radical (unpaired) electrons. The second kappa shape index (κ2) is 4.07. The first-order chi connectivity index (χ1) is 7.31. The Morgan fingerprint density at radius 2 is 2.20 bits per heavy atom. The van der Waals surface area contributed by atoms with Crippen LogP contribution < -0.4 is 10.5 Å². The topological polar surface area (TPSA) is 103 Å². The highest BCUT2D eigenvalue weighted by Gasteiger charge is 2.10. The maximum Gasteiger partial charge on any atom is 0.249 e. The molecular formula is C8H12N6O. The normalized spacial score (nSPS) is 10.7. The largest absolute Gasteiger partial charge is 0.476 e. The summed E-state index contributed by atoms with van der Waals surface area (Å²) < 4.78 is 5.45. The molecule has 0 aromatic carbocycles. The lowest BCUT2D eigenvalue weighted by Gasteiger charge is -2.03. The predicted molar refractivity (Wildman–Crippen MR) is 54.3 cm³/mol. The fourth-order valence-corrected chi connectivity index (χ4v) is 1.15. The number of rotatable bonds is 4. The first-order valence-electron chi connectivity index (χ1n) is 4.78. The van der Waals surface area contributed by atoms with Gasteiger partial charge in [-0.05, 0) is 6.42 Å². The summed E-state index contributed by atoms with van der Waals surface area (Å²) in [5.41, 5.74) is 6.44. The highest BCUT2D eigenvalue weighted by molar-refractivity contribution is 5.75. The van der Waals surface area contributed by atoms with E-state index in [9.17, 15) is 0 Å². The highest BCUT2D eigenvalue weighted by Crippen LogP contribution is 2.18. The van der Waals surface area contributed by atoms with E-state index >= 15 is 0 Å². The van der Waals surface area contributed by atoms with Crippen molar-refractivity contribution in [2.24, 2.45) is 0 Å². The molecule has 0 aliphatic heterocycles. The molecule has 7 nitrogen and oxygen atoms in total. The molecule has 0 aliphatic rings. The van der Waals surface area contributed by atoms with Crippen LogP contribution in [0.15, 0.2) is 0 Å². The van der Waals surface area contributed by atoms with Gasteiger partial charge < -0.3 is 10.5 Å². The van der Waals surface area contributed by atoms with Gasteiger partial charge in [0.2, 0.25) is 17.5 Å². The third-order valence-corrected chi connectivity index (χ3v) is 1.91. The number of aromatic amines is 1. The van der Waals surface area contributed by atoms with Gasteiger partial charge in [-0.1, -0.05) is 13.3 Å². The van der Waals surface area contributed by atoms with E-state index in [2.05, 4.69) is 32.3 Å². The Hall–Kier alpha value is -1.92. The fraction of sp³-hybridized carbons (Fsp3) is 0.500. The molecule has 0 saturated heterocycles. The van der Waals surface area contributed by atoms with Gasteiger partial charge in [0, 0.05) is 0 Å². The van der Waals surface area contributed by atoms with Crippen molar-refractivity contribution in [2.75, 3.05) is 12.3 Å². The number of aromatic nitrogens is 5. The van der Waals surface area contributed by atoms with E-state index < -0.39 is 0 Å². The number of hydrogen-bond donors (Lipinski definition) is 2. The van der Waals surface area contributed by atoms with E-state index in [0.717, 1.165) is 12.8 Å². The molecule has 7 heteroatoms. The summed E-state index contributed by atoms with van der Waals surface area (Å²) in [6, 6.07) is 0. The van der Waals surface area contributed by atoms with E-state index in [-0.39, 0.29) is 5.95 Å². The van der Waals surface area contributed by atoms with Crippen molar-refractivity contribution in [2.45, 2.75) is 19.8 Å². The number of unbranched alkanes of at least 4 members (excludes halogenated alkanes) is 1. The molecule has 0 unspecified atom stereocenters. The maximum absolute atomic E-state index is 5.50. The van der Waals surface area contributed by atoms with Gasteiger partial charge in [-0.2, -0.15) is 15.2 Å². The lowest BCUT2D eigenvalue weighted by molar-refractivity contribution is 0.301. The molecule has 2 heterocycles. The van der Waals surface area contributed by atoms with Crippen LogP contribution in [0.4, 0.5) is 5.95 Å². The minimum atomic E-state index is 0.142. The van der Waals surface area contributed by atoms with Gasteiger partial charge in [0.15, 0.2) is 5.52 Å². The van der Waals surface area contributed by atoms with Crippen LogP contribution in [0.2, 0.25) is 0 Å². The number of fused-ring (bicyclic) bond motifs is 1. The SMILES string of the molecule is CCCCOc1nc(N)nc2n[nH]nc12. The molecule has 0 fully saturated rings. The Morgan fingerprint density at radius 1 is 1.33 bits per heavy atom. The van der Waals surface area contributed by atoms with E-state index in [1.807, 2.05) is 0 Å². The number of nitrogens with one attached hydrogen (secondary N) is 1. The zero-order valence-corrected chi connectivity index (χ0v) is 8.40. The van der Waals surface area contributed by atoms with Crippen molar-refractivity contribution in [1.82, 2.24) is 25.4 Å². The predicted octanol–water partition coefficient (Wildman–Crippen LogP) is 0.509. The average molecular weight is 208 g/mol. The molecule has 15 heavy (non-hydrogen) atoms. The van der Waals surface area contributed by atoms with Crippen LogP contribution in [0, 0.1) is 0 Å². The molecule has 0 spiro atoms. The van der Waals surface area contributed by atoms with Crippen molar-refractivity contribution >= 4 is 17.1 Å². The smallest absolute Gasteiger partial charge is 0.249 e. The number of anilines is 1. The van der Waals surface area contributed by atoms with Gasteiger partial charge in [-0.15, -0.1) is 10.2 Å². The lowest BCUT2D eigenvalue weighted by atomic mass is 10.4. The molecule has 80 valence electrons. The number of nitrogens with zero attached hydrogens (tertiary/aromatic N) is 4. The summed E-state index contributed by atoms with van der Waals surface area (Å²) >= 11 is 0. The Morgan fingerprint density at radius 3 is 3.00 bits per heavy atom. The molecule has 0 amide bonds. The summed E-state index contributed by atoms with van der Waals surface area (Å²) in [7, 11) is 0. The molecule has 3 N–H and O–H groups in total. The Labute approximate surface area is 86.1 Å². The van der Waals surface area contributed by atoms with Crippen molar-refractivity contribution in [3.8, 4) is 5.88 Å². The second-order valence-electron chi connectivity index (χ2n) is 3.08. The first-order valence-corrected chi connectivity index (χ1v) is 4.78. The zero-order chi connectivity index (χ0) is 10.7. The molecular weight excluding hydrogens is 196 g/mol. The van der Waals surface area contributed by atoms with Gasteiger partial charge in [0.25, 0.3) is 0 Å². The van der Waals surface area contributed by atoms with Gasteiger partial charge in [-0.3, -0.25) is 0 Å². The van der Waals surface area contributed by atoms with Crippen LogP contribution in [0.3, 0.4) is 0 Å². The molecule has 0 atom stereocenters. The Bertz CT molecular complexity index is 453. The van der Waals surface area contributed by atoms with E-state index in [0.29, 0.717) is 23.7 Å². The van der Waals surface area contributed by atoms with Crippen LogP contribution in [-0.4, -0.2) is 32.0 Å². The first kappa shape index (κ1) is 9.63. The monoisotopic (exact) mass is 208 g/mol. The minimum absolute atomic E-state index is 0.142. The average Bonchev–Trinajstić information content (AvgIpc) is 2.65. The van der Waals surface area contributed by atoms with Crippen LogP contribution in [0.25, 0.3) is 11.2 Å². The Kier molecular flexibility index (Phi) is 2.61. The van der Waals surface area contributed by atoms with E-state index in [4.69, 9.17) is 10.5 Å². The molecule has 0 bridgehead atoms. The van der Waals surface area contributed by atoms with Crippen LogP contribution in [-0.2, 0) is 0 Å². The van der Waals surface area contributed by atoms with Crippen molar-refractivity contribution in [3.05, 3.63) is 0 Å². The summed E-state index contributed by atoms with van der Waals surface area (Å²) in [6.07, 6.45) is 2.02. The van der Waals surface area contributed by atoms with Crippen molar-refractivity contribution < 1.29 is 4.74 Å². The van der Waals surface area contributed by atoms with Gasteiger partial charge in [0.1, 0.15) is 0 Å².